The summed E-state index contributed by atoms with van der Waals surface area (Å²) in [5.41, 5.74) is 2.40. The Hall–Kier alpha value is -1.69. The number of halogens is 2. The molecule has 0 radical (unpaired) electrons. The van der Waals surface area contributed by atoms with E-state index in [-0.39, 0.29) is 16.9 Å². The van der Waals surface area contributed by atoms with E-state index in [0.29, 0.717) is 22.3 Å². The van der Waals surface area contributed by atoms with Crippen LogP contribution in [0.5, 0.6) is 0 Å². The van der Waals surface area contributed by atoms with Crippen LogP contribution in [0.25, 0.3) is 0 Å². The molecule has 0 bridgehead atoms. The summed E-state index contributed by atoms with van der Waals surface area (Å²) in [6, 6.07) is 12.5. The fourth-order valence-electron chi connectivity index (χ4n) is 1.94. The van der Waals surface area contributed by atoms with Crippen LogP contribution in [-0.2, 0) is 11.3 Å². The Kier molecular flexibility index (Phi) is 6.97. The summed E-state index contributed by atoms with van der Waals surface area (Å²) in [6.07, 6.45) is 0. The lowest BCUT2D eigenvalue weighted by Crippen LogP contribution is -2.22. The molecule has 24 heavy (non-hydrogen) atoms. The van der Waals surface area contributed by atoms with Crippen molar-refractivity contribution >= 4 is 51.8 Å². The molecule has 126 valence electrons. The number of para-hydroxylation sites is 1. The Morgan fingerprint density at radius 2 is 1.75 bits per heavy atom. The standard InChI is InChI=1S/C17H16Cl2N2O2S/c1-11-12(5-4-7-13(11)18)9-20-17(23)24-10-16(22)21-15-8-3-2-6-14(15)19/h2-8H,9-10H2,1H3,(H,20,23)(H,21,22). The van der Waals surface area contributed by atoms with Gasteiger partial charge in [-0.3, -0.25) is 9.59 Å². The zero-order chi connectivity index (χ0) is 17.5. The van der Waals surface area contributed by atoms with E-state index >= 15 is 0 Å². The number of benzene rings is 2. The van der Waals surface area contributed by atoms with Crippen molar-refractivity contribution in [1.29, 1.82) is 0 Å². The number of nitrogens with one attached hydrogen (secondary N) is 2. The predicted octanol–water partition coefficient (Wildman–Crippen LogP) is 4.88. The van der Waals surface area contributed by atoms with Crippen LogP contribution in [0, 0.1) is 6.92 Å². The molecular weight excluding hydrogens is 367 g/mol. The lowest BCUT2D eigenvalue weighted by Gasteiger charge is -2.09. The summed E-state index contributed by atoms with van der Waals surface area (Å²) in [5, 5.41) is 6.27. The van der Waals surface area contributed by atoms with Gasteiger partial charge in [0.25, 0.3) is 5.24 Å². The number of rotatable bonds is 5. The van der Waals surface area contributed by atoms with Gasteiger partial charge < -0.3 is 10.6 Å². The van der Waals surface area contributed by atoms with E-state index < -0.39 is 0 Å². The lowest BCUT2D eigenvalue weighted by molar-refractivity contribution is -0.113. The van der Waals surface area contributed by atoms with Crippen molar-refractivity contribution in [3.63, 3.8) is 0 Å². The second kappa shape index (κ2) is 8.97. The third-order valence-electron chi connectivity index (χ3n) is 3.29. The molecular formula is C17H16Cl2N2O2S. The first-order valence-electron chi connectivity index (χ1n) is 7.16. The molecule has 0 saturated heterocycles. The Bertz CT molecular complexity index is 753. The second-order valence-electron chi connectivity index (χ2n) is 4.98. The Morgan fingerprint density at radius 3 is 2.50 bits per heavy atom. The van der Waals surface area contributed by atoms with Crippen LogP contribution in [0.3, 0.4) is 0 Å². The zero-order valence-corrected chi connectivity index (χ0v) is 15.3. The normalized spacial score (nSPS) is 10.3. The summed E-state index contributed by atoms with van der Waals surface area (Å²) in [6.45, 7) is 2.26. The monoisotopic (exact) mass is 382 g/mol. The molecule has 7 heteroatoms. The van der Waals surface area contributed by atoms with E-state index in [0.717, 1.165) is 22.9 Å². The van der Waals surface area contributed by atoms with Crippen molar-refractivity contribution in [2.24, 2.45) is 0 Å². The van der Waals surface area contributed by atoms with Gasteiger partial charge >= 0.3 is 0 Å². The van der Waals surface area contributed by atoms with E-state index in [1.165, 1.54) is 0 Å². The quantitative estimate of drug-likeness (QED) is 0.774. The van der Waals surface area contributed by atoms with Gasteiger partial charge in [0.2, 0.25) is 5.91 Å². The Balaban J connectivity index is 1.78. The molecule has 0 spiro atoms. The van der Waals surface area contributed by atoms with E-state index in [1.54, 1.807) is 30.3 Å². The van der Waals surface area contributed by atoms with Gasteiger partial charge in [-0.15, -0.1) is 0 Å². The summed E-state index contributed by atoms with van der Waals surface area (Å²) < 4.78 is 0. The number of thioether (sulfide) groups is 1. The van der Waals surface area contributed by atoms with Crippen LogP contribution in [0.15, 0.2) is 42.5 Å². The van der Waals surface area contributed by atoms with E-state index in [4.69, 9.17) is 23.2 Å². The van der Waals surface area contributed by atoms with Crippen molar-refractivity contribution in [2.45, 2.75) is 13.5 Å². The summed E-state index contributed by atoms with van der Waals surface area (Å²) >= 11 is 12.9. The molecule has 2 rings (SSSR count). The van der Waals surface area contributed by atoms with Gasteiger partial charge in [0, 0.05) is 11.6 Å². The van der Waals surface area contributed by atoms with Crippen LogP contribution in [-0.4, -0.2) is 16.9 Å². The SMILES string of the molecule is Cc1c(Cl)cccc1CNC(=O)SCC(=O)Nc1ccccc1Cl. The molecule has 4 nitrogen and oxygen atoms in total. The van der Waals surface area contributed by atoms with Crippen molar-refractivity contribution < 1.29 is 9.59 Å². The molecule has 0 heterocycles. The van der Waals surface area contributed by atoms with Crippen LogP contribution in [0.4, 0.5) is 10.5 Å². The minimum Gasteiger partial charge on any atom is -0.343 e. The predicted molar refractivity (Wildman–Crippen MR) is 101 cm³/mol. The van der Waals surface area contributed by atoms with Gasteiger partial charge in [-0.25, -0.2) is 0 Å². The molecule has 0 aliphatic rings. The van der Waals surface area contributed by atoms with Crippen LogP contribution in [0.1, 0.15) is 11.1 Å². The Labute approximate surface area is 154 Å². The van der Waals surface area contributed by atoms with Gasteiger partial charge in [-0.2, -0.15) is 0 Å². The molecule has 2 amide bonds. The fourth-order valence-corrected chi connectivity index (χ4v) is 2.83. The van der Waals surface area contributed by atoms with Gasteiger partial charge in [-0.1, -0.05) is 59.2 Å². The highest BCUT2D eigenvalue weighted by Crippen LogP contribution is 2.21. The second-order valence-corrected chi connectivity index (χ2v) is 6.74. The van der Waals surface area contributed by atoms with Gasteiger partial charge in [0.1, 0.15) is 0 Å². The number of hydrogen-bond acceptors (Lipinski definition) is 3. The summed E-state index contributed by atoms with van der Waals surface area (Å²) in [7, 11) is 0. The maximum atomic E-state index is 11.9. The summed E-state index contributed by atoms with van der Waals surface area (Å²) in [4.78, 5) is 23.7. The lowest BCUT2D eigenvalue weighted by atomic mass is 10.1. The maximum Gasteiger partial charge on any atom is 0.279 e. The van der Waals surface area contributed by atoms with Gasteiger partial charge in [0.05, 0.1) is 16.5 Å². The third-order valence-corrected chi connectivity index (χ3v) is 4.84. The topological polar surface area (TPSA) is 58.2 Å². The number of amides is 2. The van der Waals surface area contributed by atoms with Crippen molar-refractivity contribution in [1.82, 2.24) is 5.32 Å². The minimum atomic E-state index is -0.290. The van der Waals surface area contributed by atoms with Crippen molar-refractivity contribution in [3.05, 3.63) is 63.6 Å². The highest BCUT2D eigenvalue weighted by atomic mass is 35.5. The average molecular weight is 383 g/mol. The minimum absolute atomic E-state index is 0.00554. The molecule has 0 aliphatic carbocycles. The van der Waals surface area contributed by atoms with Gasteiger partial charge in [-0.05, 0) is 36.2 Å². The number of anilines is 1. The first kappa shape index (κ1) is 18.6. The fraction of sp³-hybridized carbons (Fsp3) is 0.176. The van der Waals surface area contributed by atoms with Crippen LogP contribution in [0.2, 0.25) is 10.0 Å². The molecule has 0 aliphatic heterocycles. The largest absolute Gasteiger partial charge is 0.343 e. The molecule has 0 unspecified atom stereocenters. The van der Waals surface area contributed by atoms with Crippen molar-refractivity contribution in [2.75, 3.05) is 11.1 Å². The molecule has 2 N–H and O–H groups in total. The number of carbonyl (C=O) groups excluding carboxylic acids is 2. The van der Waals surface area contributed by atoms with Crippen LogP contribution < -0.4 is 10.6 Å². The molecule has 0 atom stereocenters. The van der Waals surface area contributed by atoms with Gasteiger partial charge in [0.15, 0.2) is 0 Å². The molecule has 2 aromatic carbocycles. The van der Waals surface area contributed by atoms with E-state index in [9.17, 15) is 9.59 Å². The Morgan fingerprint density at radius 1 is 1.04 bits per heavy atom. The molecule has 0 fully saturated rings. The highest BCUT2D eigenvalue weighted by molar-refractivity contribution is 8.14. The van der Waals surface area contributed by atoms with Crippen LogP contribution >= 0.6 is 35.0 Å². The van der Waals surface area contributed by atoms with E-state index in [1.807, 2.05) is 19.1 Å². The number of hydrogen-bond donors (Lipinski definition) is 2. The average Bonchev–Trinajstić information content (AvgIpc) is 2.56. The van der Waals surface area contributed by atoms with Crippen molar-refractivity contribution in [3.8, 4) is 0 Å². The zero-order valence-electron chi connectivity index (χ0n) is 12.9. The molecule has 0 saturated carbocycles. The smallest absolute Gasteiger partial charge is 0.279 e. The molecule has 2 aromatic rings. The van der Waals surface area contributed by atoms with E-state index in [2.05, 4.69) is 10.6 Å². The maximum absolute atomic E-state index is 11.9. The summed E-state index contributed by atoms with van der Waals surface area (Å²) in [5.74, 6) is -0.284. The first-order valence-corrected chi connectivity index (χ1v) is 8.90. The molecule has 0 aromatic heterocycles. The highest BCUT2D eigenvalue weighted by Gasteiger charge is 2.10. The number of carbonyl (C=O) groups is 2. The first-order chi connectivity index (χ1) is 11.5. The third kappa shape index (κ3) is 5.44.